The fraction of sp³-hybridized carbons (Fsp3) is 0.220. The molecule has 0 aliphatic carbocycles. The van der Waals surface area contributed by atoms with Gasteiger partial charge in [-0.25, -0.2) is 0 Å². The predicted molar refractivity (Wildman–Crippen MR) is 224 cm³/mol. The molecular weight excluding hydrogens is 679 g/mol. The smallest absolute Gasteiger partial charge is 0.158 e. The van der Waals surface area contributed by atoms with Crippen molar-refractivity contribution in [2.24, 2.45) is 5.73 Å². The van der Waals surface area contributed by atoms with Crippen LogP contribution in [0.5, 0.6) is 0 Å². The van der Waals surface area contributed by atoms with Gasteiger partial charge in [-0.2, -0.15) is 0 Å². The van der Waals surface area contributed by atoms with E-state index in [2.05, 4.69) is 19.1 Å². The highest BCUT2D eigenvalue weighted by Gasteiger charge is 2.20. The molecule has 5 heteroatoms. The van der Waals surface area contributed by atoms with Crippen molar-refractivity contribution >= 4 is 17.3 Å². The molecule has 3 N–H and O–H groups in total. The van der Waals surface area contributed by atoms with E-state index in [0.29, 0.717) is 19.3 Å². The van der Waals surface area contributed by atoms with Gasteiger partial charge in [0, 0.05) is 25.2 Å². The lowest BCUT2D eigenvalue weighted by atomic mass is 9.91. The number of rotatable bonds is 13. The first-order valence-corrected chi connectivity index (χ1v) is 18.8. The van der Waals surface area contributed by atoms with E-state index in [1.807, 2.05) is 172 Å². The van der Waals surface area contributed by atoms with Crippen LogP contribution in [0.4, 0.5) is 0 Å². The molecule has 0 unspecified atom stereocenters. The van der Waals surface area contributed by atoms with Crippen molar-refractivity contribution in [3.05, 3.63) is 214 Å². The molecule has 0 spiro atoms. The number of aliphatic hydroxyl groups is 1. The van der Waals surface area contributed by atoms with Crippen molar-refractivity contribution in [2.45, 2.75) is 64.8 Å². The number of benzene rings is 6. The van der Waals surface area contributed by atoms with E-state index in [4.69, 9.17) is 5.73 Å². The van der Waals surface area contributed by atoms with E-state index in [0.717, 1.165) is 38.9 Å². The summed E-state index contributed by atoms with van der Waals surface area (Å²) in [6, 6.07) is 52.5. The van der Waals surface area contributed by atoms with E-state index in [-0.39, 0.29) is 29.9 Å². The molecule has 0 fully saturated rings. The average molecular weight is 732 g/mol. The van der Waals surface area contributed by atoms with Crippen LogP contribution in [0.2, 0.25) is 0 Å². The van der Waals surface area contributed by atoms with Crippen molar-refractivity contribution in [3.8, 4) is 0 Å². The first-order valence-electron chi connectivity index (χ1n) is 18.8. The number of carbonyl (C=O) groups excluding carboxylic acids is 3. The van der Waals surface area contributed by atoms with E-state index in [1.165, 1.54) is 11.1 Å². The number of aryl methyl sites for hydroxylation is 3. The molecular formula is C50H53NO4. The zero-order valence-electron chi connectivity index (χ0n) is 32.4. The van der Waals surface area contributed by atoms with Gasteiger partial charge in [0.25, 0.3) is 0 Å². The van der Waals surface area contributed by atoms with Gasteiger partial charge in [0.2, 0.25) is 0 Å². The summed E-state index contributed by atoms with van der Waals surface area (Å²) in [6.45, 7) is 7.91. The number of hydrogen-bond acceptors (Lipinski definition) is 5. The highest BCUT2D eigenvalue weighted by molar-refractivity contribution is 5.88. The minimum absolute atomic E-state index is 0.0363. The first kappa shape index (κ1) is 42.0. The lowest BCUT2D eigenvalue weighted by Crippen LogP contribution is -2.23. The Labute approximate surface area is 326 Å². The van der Waals surface area contributed by atoms with Gasteiger partial charge in [-0.15, -0.1) is 0 Å². The molecule has 6 aromatic rings. The Morgan fingerprint density at radius 1 is 0.455 bits per heavy atom. The summed E-state index contributed by atoms with van der Waals surface area (Å²) in [7, 11) is 0. The Morgan fingerprint density at radius 2 is 0.782 bits per heavy atom. The number of nitrogens with two attached hydrogens (primary N) is 1. The summed E-state index contributed by atoms with van der Waals surface area (Å²) in [5, 5.41) is 9.48. The fourth-order valence-electron chi connectivity index (χ4n) is 5.97. The Morgan fingerprint density at radius 3 is 1.16 bits per heavy atom. The van der Waals surface area contributed by atoms with E-state index in [9.17, 15) is 19.5 Å². The summed E-state index contributed by atoms with van der Waals surface area (Å²) < 4.78 is 0. The molecule has 0 aromatic heterocycles. The van der Waals surface area contributed by atoms with Crippen LogP contribution >= 0.6 is 0 Å². The molecule has 0 radical (unpaired) electrons. The molecule has 6 rings (SSSR count). The van der Waals surface area contributed by atoms with Gasteiger partial charge in [-0.1, -0.05) is 187 Å². The number of hydrogen-bond donors (Lipinski definition) is 2. The Hall–Kier alpha value is -5.75. The first-order chi connectivity index (χ1) is 26.5. The van der Waals surface area contributed by atoms with Crippen LogP contribution in [-0.2, 0) is 33.6 Å². The van der Waals surface area contributed by atoms with Gasteiger partial charge < -0.3 is 10.8 Å². The van der Waals surface area contributed by atoms with Crippen LogP contribution in [0.3, 0.4) is 0 Å². The van der Waals surface area contributed by atoms with Gasteiger partial charge in [-0.3, -0.25) is 14.4 Å². The Balaban J connectivity index is 0.000000184. The largest absolute Gasteiger partial charge is 0.395 e. The lowest BCUT2D eigenvalue weighted by Gasteiger charge is -2.14. The van der Waals surface area contributed by atoms with Gasteiger partial charge in [0.05, 0.1) is 18.6 Å². The average Bonchev–Trinajstić information content (AvgIpc) is 3.20. The van der Waals surface area contributed by atoms with Crippen LogP contribution in [-0.4, -0.2) is 29.1 Å². The third-order valence-electron chi connectivity index (χ3n) is 9.56. The standard InChI is InChI=1S/C17H18O2.C17H18O.C16H17NO/c1-13-7-9-15(10-8-13)16(12-18)17(19)11-14-5-3-2-4-6-14;1-13-8-10-16(11-9-13)14(2)17(18)12-15-6-4-3-5-7-15;1-12-7-9-14(10-8-12)16(17)15(18)11-13-5-3-2-4-6-13/h2-10,16,18H,11-12H2,1H3;3-11,14H,12H2,1-2H3;2-10,16H,11,17H2,1H3/t16-;14-;16-/m111/s1. The minimum atomic E-state index is -0.536. The van der Waals surface area contributed by atoms with Gasteiger partial charge >= 0.3 is 0 Å². The summed E-state index contributed by atoms with van der Waals surface area (Å²) >= 11 is 0. The van der Waals surface area contributed by atoms with E-state index in [1.54, 1.807) is 0 Å². The summed E-state index contributed by atoms with van der Waals surface area (Å²) in [6.07, 6.45) is 1.26. The minimum Gasteiger partial charge on any atom is -0.395 e. The highest BCUT2D eigenvalue weighted by Crippen LogP contribution is 2.21. The van der Waals surface area contributed by atoms with Crippen LogP contribution in [0.15, 0.2) is 164 Å². The quantitative estimate of drug-likeness (QED) is 0.123. The van der Waals surface area contributed by atoms with Crippen molar-refractivity contribution in [1.29, 1.82) is 0 Å². The molecule has 0 amide bonds. The van der Waals surface area contributed by atoms with Gasteiger partial charge in [-0.05, 0) is 54.2 Å². The molecule has 55 heavy (non-hydrogen) atoms. The molecule has 282 valence electrons. The molecule has 0 aliphatic rings. The normalized spacial score (nSPS) is 12.1. The molecule has 0 saturated carbocycles. The second-order valence-corrected chi connectivity index (χ2v) is 14.1. The number of aliphatic hydroxyl groups excluding tert-OH is 1. The molecule has 0 aliphatic heterocycles. The van der Waals surface area contributed by atoms with Crippen LogP contribution in [0.1, 0.15) is 74.9 Å². The highest BCUT2D eigenvalue weighted by atomic mass is 16.3. The molecule has 0 bridgehead atoms. The third-order valence-corrected chi connectivity index (χ3v) is 9.56. The maximum atomic E-state index is 12.3. The van der Waals surface area contributed by atoms with Crippen molar-refractivity contribution in [1.82, 2.24) is 0 Å². The SMILES string of the molecule is Cc1ccc([C@@H](C)C(=O)Cc2ccccc2)cc1.Cc1ccc([C@@H](CO)C(=O)Cc2ccccc2)cc1.Cc1ccc([C@@H](N)C(=O)Cc2ccccc2)cc1. The number of ketones is 3. The van der Waals surface area contributed by atoms with Gasteiger partial charge in [0.15, 0.2) is 5.78 Å². The van der Waals surface area contributed by atoms with Crippen LogP contribution < -0.4 is 5.73 Å². The predicted octanol–water partition coefficient (Wildman–Crippen LogP) is 9.60. The second-order valence-electron chi connectivity index (χ2n) is 14.1. The topological polar surface area (TPSA) is 97.5 Å². The van der Waals surface area contributed by atoms with Gasteiger partial charge in [0.1, 0.15) is 11.6 Å². The van der Waals surface area contributed by atoms with Crippen LogP contribution in [0.25, 0.3) is 0 Å². The fourth-order valence-corrected chi connectivity index (χ4v) is 5.97. The number of carbonyl (C=O) groups is 3. The van der Waals surface area contributed by atoms with E-state index < -0.39 is 12.0 Å². The summed E-state index contributed by atoms with van der Waals surface area (Å²) in [5.74, 6) is -0.0979. The number of Topliss-reactive ketones (excluding diaryl/α,β-unsaturated/α-hetero) is 3. The van der Waals surface area contributed by atoms with Crippen molar-refractivity contribution in [2.75, 3.05) is 6.61 Å². The molecule has 3 atom stereocenters. The molecule has 6 aromatic carbocycles. The zero-order valence-corrected chi connectivity index (χ0v) is 32.4. The molecule has 0 heterocycles. The lowest BCUT2D eigenvalue weighted by molar-refractivity contribution is -0.121. The Bertz CT molecular complexity index is 1940. The molecule has 0 saturated heterocycles. The maximum Gasteiger partial charge on any atom is 0.158 e. The Kier molecular flexibility index (Phi) is 16.7. The summed E-state index contributed by atoms with van der Waals surface area (Å²) in [5.41, 5.74) is 15.5. The monoisotopic (exact) mass is 731 g/mol. The van der Waals surface area contributed by atoms with Crippen molar-refractivity contribution < 1.29 is 19.5 Å². The second kappa shape index (κ2) is 21.8. The summed E-state index contributed by atoms with van der Waals surface area (Å²) in [4.78, 5) is 36.5. The molecule has 5 nitrogen and oxygen atoms in total. The van der Waals surface area contributed by atoms with Crippen molar-refractivity contribution in [3.63, 3.8) is 0 Å². The maximum absolute atomic E-state index is 12.3. The zero-order chi connectivity index (χ0) is 39.6. The van der Waals surface area contributed by atoms with E-state index >= 15 is 0 Å². The third kappa shape index (κ3) is 13.9. The van der Waals surface area contributed by atoms with Crippen LogP contribution in [0, 0.1) is 20.8 Å².